The van der Waals surface area contributed by atoms with Crippen molar-refractivity contribution in [1.29, 1.82) is 5.26 Å². The fourth-order valence-corrected chi connectivity index (χ4v) is 3.46. The molecule has 8 nitrogen and oxygen atoms in total. The molecule has 0 unspecified atom stereocenters. The van der Waals surface area contributed by atoms with E-state index in [1.165, 1.54) is 26.5 Å². The van der Waals surface area contributed by atoms with Gasteiger partial charge in [0.05, 0.1) is 32.1 Å². The molecule has 1 heterocycles. The van der Waals surface area contributed by atoms with Gasteiger partial charge < -0.3 is 18.9 Å². The van der Waals surface area contributed by atoms with Crippen LogP contribution >= 0.6 is 11.6 Å². The number of methoxy groups -OCH3 is 2. The molecule has 0 amide bonds. The van der Waals surface area contributed by atoms with E-state index in [-0.39, 0.29) is 17.3 Å². The Balaban J connectivity index is 1.79. The van der Waals surface area contributed by atoms with Gasteiger partial charge in [0.15, 0.2) is 5.82 Å². The quantitative estimate of drug-likeness (QED) is 0.151. The third kappa shape index (κ3) is 6.04. The van der Waals surface area contributed by atoms with Crippen molar-refractivity contribution >= 4 is 23.1 Å². The van der Waals surface area contributed by atoms with E-state index < -0.39 is 5.97 Å². The van der Waals surface area contributed by atoms with E-state index in [2.05, 4.69) is 16.0 Å². The smallest absolute Gasteiger partial charge is 0.341 e. The van der Waals surface area contributed by atoms with Gasteiger partial charge in [0, 0.05) is 16.1 Å². The molecule has 0 saturated heterocycles. The van der Waals surface area contributed by atoms with Crippen LogP contribution in [0.15, 0.2) is 85.1 Å². The van der Waals surface area contributed by atoms with Crippen LogP contribution in [-0.2, 0) is 14.3 Å². The molecule has 0 spiro atoms. The molecule has 0 N–H and O–H groups in total. The minimum atomic E-state index is -0.598. The van der Waals surface area contributed by atoms with Crippen LogP contribution in [0.2, 0.25) is 5.02 Å². The average Bonchev–Trinajstić information content (AvgIpc) is 2.92. The van der Waals surface area contributed by atoms with Crippen molar-refractivity contribution in [2.45, 2.75) is 0 Å². The minimum absolute atomic E-state index is 0.137. The summed E-state index contributed by atoms with van der Waals surface area (Å²) >= 11 is 6.05. The number of para-hydroxylation sites is 2. The predicted molar refractivity (Wildman–Crippen MR) is 137 cm³/mol. The summed E-state index contributed by atoms with van der Waals surface area (Å²) in [6, 6.07) is 24.2. The highest BCUT2D eigenvalue weighted by atomic mass is 35.5. The van der Waals surface area contributed by atoms with Gasteiger partial charge in [-0.2, -0.15) is 15.2 Å². The number of esters is 1. The number of nitrogens with zero attached hydrogens (tertiary/aromatic N) is 3. The van der Waals surface area contributed by atoms with E-state index in [4.69, 9.17) is 30.5 Å². The number of carbonyl (C=O) groups excluding carboxylic acids is 1. The van der Waals surface area contributed by atoms with Gasteiger partial charge in [0.2, 0.25) is 11.8 Å². The van der Waals surface area contributed by atoms with Crippen molar-refractivity contribution < 1.29 is 23.7 Å². The van der Waals surface area contributed by atoms with Crippen molar-refractivity contribution in [2.24, 2.45) is 0 Å². The highest BCUT2D eigenvalue weighted by Crippen LogP contribution is 2.34. The van der Waals surface area contributed by atoms with Crippen molar-refractivity contribution in [3.63, 3.8) is 0 Å². The number of nitriles is 1. The van der Waals surface area contributed by atoms with Crippen molar-refractivity contribution in [2.75, 3.05) is 14.2 Å². The normalized spacial score (nSPS) is 10.8. The number of hydrogen-bond acceptors (Lipinski definition) is 8. The van der Waals surface area contributed by atoms with Crippen molar-refractivity contribution in [3.05, 3.63) is 101 Å². The molecule has 4 rings (SSSR count). The largest absolute Gasteiger partial charge is 0.503 e. The molecule has 1 aromatic heterocycles. The second kappa shape index (κ2) is 11.7. The van der Waals surface area contributed by atoms with Gasteiger partial charge in [-0.25, -0.2) is 4.79 Å². The summed E-state index contributed by atoms with van der Waals surface area (Å²) in [5.74, 6) is 0.638. The Morgan fingerprint density at radius 1 is 0.892 bits per heavy atom. The summed E-state index contributed by atoms with van der Waals surface area (Å²) < 4.78 is 22.0. The maximum atomic E-state index is 12.4. The van der Waals surface area contributed by atoms with Crippen molar-refractivity contribution in [1.82, 2.24) is 9.97 Å². The zero-order chi connectivity index (χ0) is 26.2. The first-order chi connectivity index (χ1) is 18.0. The standard InChI is InChI=1S/C28H20ClN3O5/c1-34-17-22(28(33)35-2)21-8-4-6-10-24(21)37-26-15-25(36-23-9-5-3-7-19(23)16-30)31-27(32-26)18-11-13-20(29)14-12-18/h3-15,17H,1-2H3/b22-17+. The molecule has 184 valence electrons. The Kier molecular flexibility index (Phi) is 7.98. The van der Waals surface area contributed by atoms with Gasteiger partial charge in [0.1, 0.15) is 23.1 Å². The van der Waals surface area contributed by atoms with Crippen LogP contribution in [0.5, 0.6) is 23.3 Å². The average molecular weight is 514 g/mol. The Hall–Kier alpha value is -4.87. The molecule has 4 aromatic rings. The minimum Gasteiger partial charge on any atom is -0.503 e. The van der Waals surface area contributed by atoms with E-state index in [1.54, 1.807) is 72.8 Å². The fourth-order valence-electron chi connectivity index (χ4n) is 3.34. The summed E-state index contributed by atoms with van der Waals surface area (Å²) in [7, 11) is 2.71. The Labute approximate surface area is 218 Å². The van der Waals surface area contributed by atoms with Gasteiger partial charge in [-0.15, -0.1) is 0 Å². The molecular formula is C28H20ClN3O5. The number of aromatic nitrogens is 2. The summed E-state index contributed by atoms with van der Waals surface area (Å²) in [5.41, 5.74) is 1.60. The third-order valence-electron chi connectivity index (χ3n) is 5.04. The first-order valence-corrected chi connectivity index (χ1v) is 11.3. The first-order valence-electron chi connectivity index (χ1n) is 10.9. The van der Waals surface area contributed by atoms with E-state index >= 15 is 0 Å². The lowest BCUT2D eigenvalue weighted by atomic mass is 10.1. The predicted octanol–water partition coefficient (Wildman–Crippen LogP) is 6.41. The summed E-state index contributed by atoms with van der Waals surface area (Å²) in [6.07, 6.45) is 1.28. The van der Waals surface area contributed by atoms with Crippen LogP contribution in [0.3, 0.4) is 0 Å². The van der Waals surface area contributed by atoms with Crippen LogP contribution in [0.1, 0.15) is 11.1 Å². The monoisotopic (exact) mass is 513 g/mol. The van der Waals surface area contributed by atoms with E-state index in [9.17, 15) is 10.1 Å². The molecule has 3 aromatic carbocycles. The van der Waals surface area contributed by atoms with Crippen LogP contribution in [-0.4, -0.2) is 30.2 Å². The Bertz CT molecular complexity index is 1500. The number of hydrogen-bond donors (Lipinski definition) is 0. The Morgan fingerprint density at radius 3 is 2.16 bits per heavy atom. The van der Waals surface area contributed by atoms with Gasteiger partial charge in [-0.3, -0.25) is 0 Å². The SMILES string of the molecule is CO/C=C(/C(=O)OC)c1ccccc1Oc1cc(Oc2ccccc2C#N)nc(-c2ccc(Cl)cc2)n1. The summed E-state index contributed by atoms with van der Waals surface area (Å²) in [5, 5.41) is 10.0. The van der Waals surface area contributed by atoms with E-state index in [0.717, 1.165) is 0 Å². The van der Waals surface area contributed by atoms with Gasteiger partial charge in [0.25, 0.3) is 0 Å². The lowest BCUT2D eigenvalue weighted by Gasteiger charge is -2.14. The molecule has 0 fully saturated rings. The third-order valence-corrected chi connectivity index (χ3v) is 5.29. The van der Waals surface area contributed by atoms with Gasteiger partial charge >= 0.3 is 5.97 Å². The number of rotatable bonds is 8. The number of ether oxygens (including phenoxy) is 4. The zero-order valence-electron chi connectivity index (χ0n) is 19.8. The molecule has 0 aliphatic heterocycles. The maximum absolute atomic E-state index is 12.4. The zero-order valence-corrected chi connectivity index (χ0v) is 20.6. The molecule has 0 aliphatic carbocycles. The van der Waals surface area contributed by atoms with Crippen LogP contribution < -0.4 is 9.47 Å². The molecular weight excluding hydrogens is 494 g/mol. The number of carbonyl (C=O) groups is 1. The summed E-state index contributed by atoms with van der Waals surface area (Å²) in [6.45, 7) is 0. The highest BCUT2D eigenvalue weighted by molar-refractivity contribution is 6.30. The van der Waals surface area contributed by atoms with Gasteiger partial charge in [-0.05, 0) is 42.5 Å². The molecule has 0 saturated carbocycles. The van der Waals surface area contributed by atoms with Crippen LogP contribution in [0.4, 0.5) is 0 Å². The van der Waals surface area contributed by atoms with Gasteiger partial charge in [-0.1, -0.05) is 41.9 Å². The molecule has 0 radical (unpaired) electrons. The van der Waals surface area contributed by atoms with Crippen molar-refractivity contribution in [3.8, 4) is 40.7 Å². The van der Waals surface area contributed by atoms with E-state index in [1.807, 2.05) is 0 Å². The van der Waals surface area contributed by atoms with Crippen LogP contribution in [0.25, 0.3) is 17.0 Å². The maximum Gasteiger partial charge on any atom is 0.341 e. The second-order valence-corrected chi connectivity index (χ2v) is 7.88. The fraction of sp³-hybridized carbons (Fsp3) is 0.0714. The number of benzene rings is 3. The summed E-state index contributed by atoms with van der Waals surface area (Å²) in [4.78, 5) is 21.4. The molecule has 0 bridgehead atoms. The topological polar surface area (TPSA) is 104 Å². The van der Waals surface area contributed by atoms with Crippen LogP contribution in [0, 0.1) is 11.3 Å². The molecule has 0 atom stereocenters. The van der Waals surface area contributed by atoms with E-state index in [0.29, 0.717) is 39.0 Å². The number of halogens is 1. The molecule has 37 heavy (non-hydrogen) atoms. The lowest BCUT2D eigenvalue weighted by Crippen LogP contribution is -2.06. The highest BCUT2D eigenvalue weighted by Gasteiger charge is 2.19. The second-order valence-electron chi connectivity index (χ2n) is 7.44. The molecule has 0 aliphatic rings. The first kappa shape index (κ1) is 25.2. The Morgan fingerprint density at radius 2 is 1.51 bits per heavy atom. The lowest BCUT2D eigenvalue weighted by molar-refractivity contribution is -0.133. The molecule has 9 heteroatoms.